The van der Waals surface area contributed by atoms with Gasteiger partial charge in [0.2, 0.25) is 11.8 Å². The second-order valence-corrected chi connectivity index (χ2v) is 8.21. The molecule has 3 fully saturated rings. The largest absolute Gasteiger partial charge is 0.340 e. The Morgan fingerprint density at radius 2 is 1.79 bits per heavy atom. The minimum Gasteiger partial charge on any atom is -0.340 e. The number of hydrogen-bond donors (Lipinski definition) is 2. The Hall–Kier alpha value is -1.34. The van der Waals surface area contributed by atoms with Crippen LogP contribution in [0.4, 0.5) is 5.69 Å². The lowest BCUT2D eigenvalue weighted by atomic mass is 9.67. The highest BCUT2D eigenvalue weighted by Gasteiger charge is 2.51. The van der Waals surface area contributed by atoms with Gasteiger partial charge in [0.25, 0.3) is 0 Å². The average Bonchev–Trinajstić information content (AvgIpc) is 3.14. The molecular formula is C21H32Cl2N4O2. The number of amides is 2. The van der Waals surface area contributed by atoms with Crippen LogP contribution in [-0.4, -0.2) is 67.4 Å². The molecule has 2 N–H and O–H groups in total. The van der Waals surface area contributed by atoms with E-state index < -0.39 is 0 Å². The Labute approximate surface area is 185 Å². The zero-order valence-electron chi connectivity index (χ0n) is 16.8. The second kappa shape index (κ2) is 10.6. The molecule has 8 heteroatoms. The molecule has 0 radical (unpaired) electrons. The third-order valence-corrected chi connectivity index (χ3v) is 6.55. The molecule has 0 unspecified atom stereocenters. The Morgan fingerprint density at radius 1 is 1.07 bits per heavy atom. The van der Waals surface area contributed by atoms with E-state index in [4.69, 9.17) is 0 Å². The predicted octanol–water partition coefficient (Wildman–Crippen LogP) is 2.39. The van der Waals surface area contributed by atoms with E-state index in [1.165, 1.54) is 19.3 Å². The number of nitrogens with one attached hydrogen (secondary N) is 2. The number of rotatable bonds is 4. The van der Waals surface area contributed by atoms with E-state index in [0.29, 0.717) is 18.4 Å². The van der Waals surface area contributed by atoms with Gasteiger partial charge in [-0.15, -0.1) is 24.8 Å². The average molecular weight is 443 g/mol. The minimum atomic E-state index is -0.162. The van der Waals surface area contributed by atoms with Crippen molar-refractivity contribution >= 4 is 42.3 Å². The van der Waals surface area contributed by atoms with Gasteiger partial charge in [-0.2, -0.15) is 0 Å². The summed E-state index contributed by atoms with van der Waals surface area (Å²) < 4.78 is 0. The van der Waals surface area contributed by atoms with E-state index in [-0.39, 0.29) is 36.1 Å². The fourth-order valence-electron chi connectivity index (χ4n) is 5.02. The summed E-state index contributed by atoms with van der Waals surface area (Å²) in [6.45, 7) is 5.20. The van der Waals surface area contributed by atoms with Crippen molar-refractivity contribution in [2.45, 2.75) is 25.7 Å². The minimum absolute atomic E-state index is 0. The predicted molar refractivity (Wildman–Crippen MR) is 120 cm³/mol. The number of piperazine rings is 1. The van der Waals surface area contributed by atoms with Crippen LogP contribution in [-0.2, 0) is 9.59 Å². The van der Waals surface area contributed by atoms with Crippen LogP contribution in [0.3, 0.4) is 0 Å². The van der Waals surface area contributed by atoms with Gasteiger partial charge in [-0.05, 0) is 37.4 Å². The fraction of sp³-hybridized carbons (Fsp3) is 0.619. The summed E-state index contributed by atoms with van der Waals surface area (Å²) in [5, 5.41) is 6.41. The molecule has 2 aliphatic heterocycles. The molecule has 6 nitrogen and oxygen atoms in total. The van der Waals surface area contributed by atoms with Crippen LogP contribution < -0.4 is 10.6 Å². The maximum atomic E-state index is 13.3. The lowest BCUT2D eigenvalue weighted by Gasteiger charge is -2.43. The Morgan fingerprint density at radius 3 is 2.52 bits per heavy atom. The molecule has 3 aliphatic rings. The van der Waals surface area contributed by atoms with Crippen molar-refractivity contribution in [3.05, 3.63) is 30.3 Å². The summed E-state index contributed by atoms with van der Waals surface area (Å²) in [6.07, 6.45) is 4.64. The van der Waals surface area contributed by atoms with Crippen LogP contribution >= 0.6 is 24.8 Å². The van der Waals surface area contributed by atoms with Crippen molar-refractivity contribution in [1.29, 1.82) is 0 Å². The maximum Gasteiger partial charge on any atom is 0.238 e. The van der Waals surface area contributed by atoms with Gasteiger partial charge in [-0.1, -0.05) is 31.0 Å². The first-order chi connectivity index (χ1) is 13.2. The number of halogens is 2. The summed E-state index contributed by atoms with van der Waals surface area (Å²) in [4.78, 5) is 29.8. The van der Waals surface area contributed by atoms with Gasteiger partial charge in [0.1, 0.15) is 0 Å². The number of carbonyl (C=O) groups excluding carboxylic acids is 2. The highest BCUT2D eigenvalue weighted by atomic mass is 35.5. The summed E-state index contributed by atoms with van der Waals surface area (Å²) in [7, 11) is 0. The molecule has 2 atom stereocenters. The van der Waals surface area contributed by atoms with Crippen molar-refractivity contribution in [3.63, 3.8) is 0 Å². The smallest absolute Gasteiger partial charge is 0.238 e. The van der Waals surface area contributed by atoms with Crippen molar-refractivity contribution in [2.24, 2.45) is 11.3 Å². The van der Waals surface area contributed by atoms with Crippen LogP contribution in [0, 0.1) is 11.3 Å². The fourth-order valence-corrected chi connectivity index (χ4v) is 5.02. The number of nitrogens with zero attached hydrogens (tertiary/aromatic N) is 2. The number of benzene rings is 1. The van der Waals surface area contributed by atoms with Crippen LogP contribution in [0.15, 0.2) is 30.3 Å². The Balaban J connectivity index is 0.00000150. The Kier molecular flexibility index (Phi) is 8.76. The zero-order valence-corrected chi connectivity index (χ0v) is 18.4. The number of para-hydroxylation sites is 1. The third kappa shape index (κ3) is 5.23. The molecule has 1 aromatic carbocycles. The molecule has 162 valence electrons. The van der Waals surface area contributed by atoms with Gasteiger partial charge in [-0.25, -0.2) is 0 Å². The highest BCUT2D eigenvalue weighted by molar-refractivity contribution is 5.92. The molecule has 0 bridgehead atoms. The van der Waals surface area contributed by atoms with Crippen LogP contribution in [0.5, 0.6) is 0 Å². The topological polar surface area (TPSA) is 64.7 Å². The van der Waals surface area contributed by atoms with Gasteiger partial charge in [0.05, 0.1) is 12.0 Å². The molecule has 4 rings (SSSR count). The van der Waals surface area contributed by atoms with Gasteiger partial charge >= 0.3 is 0 Å². The normalized spacial score (nSPS) is 26.6. The molecular weight excluding hydrogens is 411 g/mol. The number of anilines is 1. The highest BCUT2D eigenvalue weighted by Crippen LogP contribution is 2.45. The summed E-state index contributed by atoms with van der Waals surface area (Å²) in [5.74, 6) is 0.867. The van der Waals surface area contributed by atoms with Gasteiger partial charge in [-0.3, -0.25) is 14.5 Å². The second-order valence-electron chi connectivity index (χ2n) is 8.21. The lowest BCUT2D eigenvalue weighted by Crippen LogP contribution is -2.56. The van der Waals surface area contributed by atoms with E-state index in [1.807, 2.05) is 30.3 Å². The number of carbonyl (C=O) groups is 2. The number of hydrogen-bond acceptors (Lipinski definition) is 4. The molecule has 29 heavy (non-hydrogen) atoms. The first-order valence-corrected chi connectivity index (χ1v) is 10.2. The van der Waals surface area contributed by atoms with Gasteiger partial charge < -0.3 is 15.5 Å². The Bertz CT molecular complexity index is 683. The first kappa shape index (κ1) is 23.9. The van der Waals surface area contributed by atoms with Crippen molar-refractivity contribution in [3.8, 4) is 0 Å². The van der Waals surface area contributed by atoms with E-state index in [2.05, 4.69) is 20.4 Å². The van der Waals surface area contributed by atoms with E-state index in [0.717, 1.165) is 51.4 Å². The van der Waals surface area contributed by atoms with E-state index >= 15 is 0 Å². The van der Waals surface area contributed by atoms with Crippen LogP contribution in [0.25, 0.3) is 0 Å². The van der Waals surface area contributed by atoms with E-state index in [9.17, 15) is 9.59 Å². The molecule has 1 aromatic rings. The molecule has 1 saturated carbocycles. The van der Waals surface area contributed by atoms with Crippen LogP contribution in [0.1, 0.15) is 25.7 Å². The van der Waals surface area contributed by atoms with Crippen LogP contribution in [0.2, 0.25) is 0 Å². The molecule has 2 amide bonds. The lowest BCUT2D eigenvalue weighted by molar-refractivity contribution is -0.147. The molecule has 0 aromatic heterocycles. The summed E-state index contributed by atoms with van der Waals surface area (Å²) in [6, 6.07) is 9.54. The molecule has 1 aliphatic carbocycles. The van der Waals surface area contributed by atoms with Gasteiger partial charge in [0.15, 0.2) is 0 Å². The van der Waals surface area contributed by atoms with Crippen molar-refractivity contribution in [2.75, 3.05) is 51.1 Å². The SMILES string of the molecule is Cl.Cl.O=C(CN1CCN(C(=O)[C@@]23CCCC[C@H]2CNC3)CC1)Nc1ccccc1. The molecule has 2 saturated heterocycles. The monoisotopic (exact) mass is 442 g/mol. The van der Waals surface area contributed by atoms with Gasteiger partial charge in [0, 0.05) is 38.4 Å². The third-order valence-electron chi connectivity index (χ3n) is 6.55. The maximum absolute atomic E-state index is 13.3. The number of fused-ring (bicyclic) bond motifs is 1. The molecule has 0 spiro atoms. The van der Waals surface area contributed by atoms with Crippen molar-refractivity contribution in [1.82, 2.24) is 15.1 Å². The summed E-state index contributed by atoms with van der Waals surface area (Å²) >= 11 is 0. The standard InChI is InChI=1S/C21H30N4O2.2ClH/c26-19(23-18-7-2-1-3-8-18)15-24-10-12-25(13-11-24)20(27)21-9-5-4-6-17(21)14-22-16-21;;/h1-3,7-8,17,22H,4-6,9-16H2,(H,23,26);2*1H/t17-,21+;;/m0../s1. The molecule has 2 heterocycles. The first-order valence-electron chi connectivity index (χ1n) is 10.2. The quantitative estimate of drug-likeness (QED) is 0.750. The van der Waals surface area contributed by atoms with E-state index in [1.54, 1.807) is 0 Å². The van der Waals surface area contributed by atoms with Crippen molar-refractivity contribution < 1.29 is 9.59 Å². The summed E-state index contributed by atoms with van der Waals surface area (Å²) in [5.41, 5.74) is 0.665. The zero-order chi connectivity index (χ0) is 18.7.